The van der Waals surface area contributed by atoms with Gasteiger partial charge in [-0.05, 0) is 11.1 Å². The van der Waals surface area contributed by atoms with Crippen LogP contribution >= 0.6 is 12.4 Å². The predicted octanol–water partition coefficient (Wildman–Crippen LogP) is 2.97. The molecular weight excluding hydrogens is 258 g/mol. The molecule has 1 aliphatic heterocycles. The largest absolute Gasteiger partial charge is 0.363 e. The van der Waals surface area contributed by atoms with Gasteiger partial charge in [-0.25, -0.2) is 0 Å². The maximum absolute atomic E-state index is 6.18. The first-order valence-corrected chi connectivity index (χ1v) is 6.37. The fraction of sp³-hybridized carbons (Fsp3) is 0.250. The number of morpholine rings is 1. The third-order valence-corrected chi connectivity index (χ3v) is 3.48. The predicted molar refractivity (Wildman–Crippen MR) is 79.7 cm³/mol. The lowest BCUT2D eigenvalue weighted by molar-refractivity contribution is -0.0403. The first-order chi connectivity index (χ1) is 8.92. The molecule has 2 nitrogen and oxygen atoms in total. The fourth-order valence-electron chi connectivity index (χ4n) is 2.57. The van der Waals surface area contributed by atoms with Crippen LogP contribution in [0.5, 0.6) is 0 Å². The summed E-state index contributed by atoms with van der Waals surface area (Å²) < 4.78 is 6.18. The second-order valence-corrected chi connectivity index (χ2v) is 4.58. The van der Waals surface area contributed by atoms with Gasteiger partial charge in [0, 0.05) is 13.1 Å². The van der Waals surface area contributed by atoms with E-state index < -0.39 is 0 Å². The van der Waals surface area contributed by atoms with Gasteiger partial charge in [-0.3, -0.25) is 0 Å². The zero-order valence-corrected chi connectivity index (χ0v) is 11.5. The SMILES string of the molecule is Cl.c1ccc(C2(c3ccccc3)CNCCO2)cc1. The van der Waals surface area contributed by atoms with E-state index in [1.54, 1.807) is 0 Å². The summed E-state index contributed by atoms with van der Waals surface area (Å²) in [7, 11) is 0. The first-order valence-electron chi connectivity index (χ1n) is 6.37. The van der Waals surface area contributed by atoms with Crippen LogP contribution in [0.1, 0.15) is 11.1 Å². The lowest BCUT2D eigenvalue weighted by atomic mass is 9.85. The zero-order valence-electron chi connectivity index (χ0n) is 10.7. The van der Waals surface area contributed by atoms with Crippen LogP contribution in [0, 0.1) is 0 Å². The van der Waals surface area contributed by atoms with Crippen molar-refractivity contribution in [1.82, 2.24) is 5.32 Å². The summed E-state index contributed by atoms with van der Waals surface area (Å²) in [5.74, 6) is 0. The molecule has 100 valence electrons. The van der Waals surface area contributed by atoms with Crippen molar-refractivity contribution in [2.45, 2.75) is 5.60 Å². The van der Waals surface area contributed by atoms with Crippen LogP contribution in [0.2, 0.25) is 0 Å². The molecule has 1 heterocycles. The van der Waals surface area contributed by atoms with E-state index in [0.29, 0.717) is 0 Å². The number of hydrogen-bond donors (Lipinski definition) is 1. The van der Waals surface area contributed by atoms with Crippen molar-refractivity contribution in [3.05, 3.63) is 71.8 Å². The Labute approximate surface area is 120 Å². The molecule has 0 radical (unpaired) electrons. The van der Waals surface area contributed by atoms with E-state index >= 15 is 0 Å². The average Bonchev–Trinajstić information content (AvgIpc) is 2.50. The summed E-state index contributed by atoms with van der Waals surface area (Å²) in [6.07, 6.45) is 0. The van der Waals surface area contributed by atoms with Gasteiger partial charge in [0.1, 0.15) is 5.60 Å². The van der Waals surface area contributed by atoms with Gasteiger partial charge in [0.2, 0.25) is 0 Å². The van der Waals surface area contributed by atoms with E-state index in [1.807, 2.05) is 12.1 Å². The van der Waals surface area contributed by atoms with E-state index in [1.165, 1.54) is 11.1 Å². The highest BCUT2D eigenvalue weighted by molar-refractivity contribution is 5.85. The quantitative estimate of drug-likeness (QED) is 0.910. The van der Waals surface area contributed by atoms with Crippen molar-refractivity contribution in [3.8, 4) is 0 Å². The molecule has 0 saturated carbocycles. The van der Waals surface area contributed by atoms with E-state index in [4.69, 9.17) is 4.74 Å². The molecule has 1 fully saturated rings. The highest BCUT2D eigenvalue weighted by Crippen LogP contribution is 2.34. The zero-order chi connectivity index (χ0) is 12.3. The minimum Gasteiger partial charge on any atom is -0.363 e. The highest BCUT2D eigenvalue weighted by atomic mass is 35.5. The molecular formula is C16H18ClNO. The van der Waals surface area contributed by atoms with Gasteiger partial charge in [-0.2, -0.15) is 0 Å². The minimum atomic E-state index is -0.346. The van der Waals surface area contributed by atoms with E-state index in [-0.39, 0.29) is 18.0 Å². The van der Waals surface area contributed by atoms with Crippen LogP contribution in [0.15, 0.2) is 60.7 Å². The normalized spacial score (nSPS) is 17.5. The van der Waals surface area contributed by atoms with Gasteiger partial charge in [0.15, 0.2) is 0 Å². The standard InChI is InChI=1S/C16H17NO.ClH/c1-3-7-14(8-4-1)16(13-17-11-12-18-16)15-9-5-2-6-10-15;/h1-10,17H,11-13H2;1H. The maximum atomic E-state index is 6.18. The summed E-state index contributed by atoms with van der Waals surface area (Å²) in [5, 5.41) is 3.45. The summed E-state index contributed by atoms with van der Waals surface area (Å²) in [6.45, 7) is 2.48. The molecule has 1 aliphatic rings. The van der Waals surface area contributed by atoms with Crippen LogP contribution in [-0.4, -0.2) is 19.7 Å². The molecule has 0 amide bonds. The van der Waals surface area contributed by atoms with Gasteiger partial charge in [-0.1, -0.05) is 60.7 Å². The molecule has 0 unspecified atom stereocenters. The second kappa shape index (κ2) is 6.20. The van der Waals surface area contributed by atoms with Gasteiger partial charge in [0.05, 0.1) is 6.61 Å². The number of rotatable bonds is 2. The lowest BCUT2D eigenvalue weighted by Gasteiger charge is -2.38. The van der Waals surface area contributed by atoms with Crippen LogP contribution in [0.3, 0.4) is 0 Å². The van der Waals surface area contributed by atoms with Crippen molar-refractivity contribution >= 4 is 12.4 Å². The summed E-state index contributed by atoms with van der Waals surface area (Å²) in [4.78, 5) is 0. The Morgan fingerprint density at radius 1 is 0.842 bits per heavy atom. The van der Waals surface area contributed by atoms with Crippen molar-refractivity contribution in [1.29, 1.82) is 0 Å². The summed E-state index contributed by atoms with van der Waals surface area (Å²) in [6, 6.07) is 20.9. The van der Waals surface area contributed by atoms with Gasteiger partial charge in [0.25, 0.3) is 0 Å². The molecule has 0 aliphatic carbocycles. The average molecular weight is 276 g/mol. The molecule has 1 saturated heterocycles. The molecule has 0 bridgehead atoms. The number of halogens is 1. The lowest BCUT2D eigenvalue weighted by Crippen LogP contribution is -2.48. The summed E-state index contributed by atoms with van der Waals surface area (Å²) in [5.41, 5.74) is 2.08. The van der Waals surface area contributed by atoms with Crippen molar-refractivity contribution in [3.63, 3.8) is 0 Å². The highest BCUT2D eigenvalue weighted by Gasteiger charge is 2.36. The van der Waals surface area contributed by atoms with Gasteiger partial charge >= 0.3 is 0 Å². The third kappa shape index (κ3) is 2.66. The molecule has 3 rings (SSSR count). The van der Waals surface area contributed by atoms with Crippen molar-refractivity contribution < 1.29 is 4.74 Å². The third-order valence-electron chi connectivity index (χ3n) is 3.48. The second-order valence-electron chi connectivity index (χ2n) is 4.58. The molecule has 3 heteroatoms. The Morgan fingerprint density at radius 3 is 1.79 bits per heavy atom. The molecule has 0 spiro atoms. The Morgan fingerprint density at radius 2 is 1.37 bits per heavy atom. The molecule has 0 atom stereocenters. The van der Waals surface area contributed by atoms with Gasteiger partial charge < -0.3 is 10.1 Å². The smallest absolute Gasteiger partial charge is 0.130 e. The van der Waals surface area contributed by atoms with Crippen LogP contribution in [-0.2, 0) is 10.3 Å². The van der Waals surface area contributed by atoms with Gasteiger partial charge in [-0.15, -0.1) is 12.4 Å². The van der Waals surface area contributed by atoms with Crippen molar-refractivity contribution in [2.75, 3.05) is 19.7 Å². The topological polar surface area (TPSA) is 21.3 Å². The Kier molecular flexibility index (Phi) is 4.59. The Hall–Kier alpha value is -1.35. The minimum absolute atomic E-state index is 0. The van der Waals surface area contributed by atoms with Crippen LogP contribution in [0.25, 0.3) is 0 Å². The number of ether oxygens (including phenoxy) is 1. The van der Waals surface area contributed by atoms with Crippen molar-refractivity contribution in [2.24, 2.45) is 0 Å². The van der Waals surface area contributed by atoms with E-state index in [2.05, 4.69) is 53.8 Å². The summed E-state index contributed by atoms with van der Waals surface area (Å²) >= 11 is 0. The monoisotopic (exact) mass is 275 g/mol. The van der Waals surface area contributed by atoms with E-state index in [0.717, 1.165) is 19.7 Å². The maximum Gasteiger partial charge on any atom is 0.130 e. The molecule has 1 N–H and O–H groups in total. The Balaban J connectivity index is 0.00000133. The molecule has 2 aromatic rings. The molecule has 19 heavy (non-hydrogen) atoms. The number of hydrogen-bond acceptors (Lipinski definition) is 2. The van der Waals surface area contributed by atoms with Crippen LogP contribution in [0.4, 0.5) is 0 Å². The number of benzene rings is 2. The fourth-order valence-corrected chi connectivity index (χ4v) is 2.57. The molecule has 0 aromatic heterocycles. The van der Waals surface area contributed by atoms with Crippen LogP contribution < -0.4 is 5.32 Å². The Bertz CT molecular complexity index is 453. The molecule has 2 aromatic carbocycles. The number of nitrogens with one attached hydrogen (secondary N) is 1. The van der Waals surface area contributed by atoms with E-state index in [9.17, 15) is 0 Å². The first kappa shape index (κ1) is 14.1.